The maximum absolute atomic E-state index is 11.7. The molecule has 0 saturated carbocycles. The minimum absolute atomic E-state index is 0.113. The maximum Gasteiger partial charge on any atom is 0.258 e. The molecule has 0 bridgehead atoms. The van der Waals surface area contributed by atoms with Crippen molar-refractivity contribution in [1.29, 1.82) is 0 Å². The van der Waals surface area contributed by atoms with Crippen molar-refractivity contribution in [1.82, 2.24) is 15.6 Å². The van der Waals surface area contributed by atoms with Gasteiger partial charge < -0.3 is 20.1 Å². The Morgan fingerprint density at radius 3 is 2.42 bits per heavy atom. The van der Waals surface area contributed by atoms with Crippen molar-refractivity contribution in [2.24, 2.45) is 0 Å². The Labute approximate surface area is 140 Å². The van der Waals surface area contributed by atoms with E-state index in [0.717, 1.165) is 5.69 Å². The Bertz CT molecular complexity index is 659. The molecule has 0 spiro atoms. The van der Waals surface area contributed by atoms with E-state index in [1.54, 1.807) is 43.6 Å². The Balaban J connectivity index is 1.64. The van der Waals surface area contributed by atoms with Crippen LogP contribution < -0.4 is 20.1 Å². The topological polar surface area (TPSA) is 89.5 Å². The molecule has 0 aliphatic carbocycles. The predicted molar refractivity (Wildman–Crippen MR) is 87.6 cm³/mol. The second-order valence-corrected chi connectivity index (χ2v) is 4.84. The molecule has 2 amide bonds. The number of hydrogen-bond acceptors (Lipinski definition) is 5. The fraction of sp³-hybridized carbons (Fsp3) is 0.235. The van der Waals surface area contributed by atoms with Crippen LogP contribution in [0.2, 0.25) is 0 Å². The van der Waals surface area contributed by atoms with Crippen LogP contribution in [0.15, 0.2) is 48.7 Å². The molecular formula is C17H19N3O4. The van der Waals surface area contributed by atoms with E-state index in [2.05, 4.69) is 15.6 Å². The highest BCUT2D eigenvalue weighted by Crippen LogP contribution is 2.16. The largest absolute Gasteiger partial charge is 0.497 e. The number of ether oxygens (including phenoxy) is 2. The first-order chi connectivity index (χ1) is 11.7. The van der Waals surface area contributed by atoms with Gasteiger partial charge in [0.05, 0.1) is 25.9 Å². The molecule has 7 heteroatoms. The number of aromatic nitrogens is 1. The van der Waals surface area contributed by atoms with Gasteiger partial charge in [0.15, 0.2) is 6.61 Å². The Kier molecular flexibility index (Phi) is 6.58. The first kappa shape index (κ1) is 17.3. The maximum atomic E-state index is 11.7. The highest BCUT2D eigenvalue weighted by molar-refractivity contribution is 5.85. The number of nitrogens with zero attached hydrogens (tertiary/aromatic N) is 1. The Morgan fingerprint density at radius 1 is 1.00 bits per heavy atom. The first-order valence-corrected chi connectivity index (χ1v) is 7.37. The molecule has 0 radical (unpaired) electrons. The molecule has 126 valence electrons. The van der Waals surface area contributed by atoms with Crippen molar-refractivity contribution in [3.8, 4) is 11.5 Å². The van der Waals surface area contributed by atoms with Crippen LogP contribution in [0.1, 0.15) is 5.69 Å². The van der Waals surface area contributed by atoms with Crippen molar-refractivity contribution in [2.45, 2.75) is 6.54 Å². The summed E-state index contributed by atoms with van der Waals surface area (Å²) < 4.78 is 10.4. The molecule has 2 N–H and O–H groups in total. The molecule has 0 fully saturated rings. The SMILES string of the molecule is COc1ccc(OCC(=O)NCC(=O)NCc2ccccn2)cc1. The summed E-state index contributed by atoms with van der Waals surface area (Å²) in [5, 5.41) is 5.16. The zero-order chi connectivity index (χ0) is 17.2. The van der Waals surface area contributed by atoms with Gasteiger partial charge in [-0.3, -0.25) is 14.6 Å². The van der Waals surface area contributed by atoms with E-state index in [4.69, 9.17) is 9.47 Å². The number of rotatable bonds is 8. The van der Waals surface area contributed by atoms with Crippen LogP contribution in [0.5, 0.6) is 11.5 Å². The molecule has 0 aliphatic rings. The van der Waals surface area contributed by atoms with E-state index in [1.807, 2.05) is 12.1 Å². The number of carbonyl (C=O) groups excluding carboxylic acids is 2. The average molecular weight is 329 g/mol. The molecule has 2 aromatic rings. The summed E-state index contributed by atoms with van der Waals surface area (Å²) in [4.78, 5) is 27.4. The van der Waals surface area contributed by atoms with E-state index in [1.165, 1.54) is 0 Å². The van der Waals surface area contributed by atoms with Crippen molar-refractivity contribution in [3.05, 3.63) is 54.4 Å². The molecule has 7 nitrogen and oxygen atoms in total. The van der Waals surface area contributed by atoms with E-state index in [-0.39, 0.29) is 25.0 Å². The Morgan fingerprint density at radius 2 is 1.75 bits per heavy atom. The Hall–Kier alpha value is -3.09. The van der Waals surface area contributed by atoms with Gasteiger partial charge in [-0.25, -0.2) is 0 Å². The number of carbonyl (C=O) groups is 2. The van der Waals surface area contributed by atoms with Crippen LogP contribution in [-0.4, -0.2) is 37.1 Å². The molecule has 0 saturated heterocycles. The molecule has 24 heavy (non-hydrogen) atoms. The predicted octanol–water partition coefficient (Wildman–Crippen LogP) is 0.902. The molecule has 2 rings (SSSR count). The fourth-order valence-corrected chi connectivity index (χ4v) is 1.81. The second kappa shape index (κ2) is 9.14. The molecule has 0 unspecified atom stereocenters. The first-order valence-electron chi connectivity index (χ1n) is 7.37. The van der Waals surface area contributed by atoms with Crippen LogP contribution >= 0.6 is 0 Å². The minimum Gasteiger partial charge on any atom is -0.497 e. The van der Waals surface area contributed by atoms with Crippen LogP contribution in [0.25, 0.3) is 0 Å². The number of nitrogens with one attached hydrogen (secondary N) is 2. The van der Waals surface area contributed by atoms with Gasteiger partial charge in [-0.2, -0.15) is 0 Å². The smallest absolute Gasteiger partial charge is 0.258 e. The van der Waals surface area contributed by atoms with Crippen LogP contribution in [0, 0.1) is 0 Å². The summed E-state index contributed by atoms with van der Waals surface area (Å²) in [6, 6.07) is 12.3. The lowest BCUT2D eigenvalue weighted by molar-refractivity contribution is -0.127. The van der Waals surface area contributed by atoms with E-state index >= 15 is 0 Å². The van der Waals surface area contributed by atoms with Crippen LogP contribution in [-0.2, 0) is 16.1 Å². The van der Waals surface area contributed by atoms with Crippen molar-refractivity contribution in [2.75, 3.05) is 20.3 Å². The molecule has 1 heterocycles. The van der Waals surface area contributed by atoms with Crippen LogP contribution in [0.3, 0.4) is 0 Å². The quantitative estimate of drug-likeness (QED) is 0.751. The standard InChI is InChI=1S/C17H19N3O4/c1-23-14-5-7-15(8-6-14)24-12-17(22)20-11-16(21)19-10-13-4-2-3-9-18-13/h2-9H,10-12H2,1H3,(H,19,21)(H,20,22). The van der Waals surface area contributed by atoms with E-state index in [0.29, 0.717) is 18.0 Å². The zero-order valence-corrected chi connectivity index (χ0v) is 13.3. The van der Waals surface area contributed by atoms with E-state index < -0.39 is 0 Å². The number of pyridine rings is 1. The van der Waals surface area contributed by atoms with Gasteiger partial charge >= 0.3 is 0 Å². The number of hydrogen-bond donors (Lipinski definition) is 2. The molecular weight excluding hydrogens is 310 g/mol. The van der Waals surface area contributed by atoms with Crippen molar-refractivity contribution in [3.63, 3.8) is 0 Å². The van der Waals surface area contributed by atoms with E-state index in [9.17, 15) is 9.59 Å². The lowest BCUT2D eigenvalue weighted by Gasteiger charge is -2.08. The van der Waals surface area contributed by atoms with Crippen molar-refractivity contribution < 1.29 is 19.1 Å². The van der Waals surface area contributed by atoms with Gasteiger partial charge in [0.1, 0.15) is 11.5 Å². The lowest BCUT2D eigenvalue weighted by atomic mass is 10.3. The van der Waals surface area contributed by atoms with Crippen molar-refractivity contribution >= 4 is 11.8 Å². The summed E-state index contributed by atoms with van der Waals surface area (Å²) in [6.45, 7) is 0.0371. The average Bonchev–Trinajstić information content (AvgIpc) is 2.64. The third-order valence-electron chi connectivity index (χ3n) is 3.07. The number of benzene rings is 1. The third kappa shape index (κ3) is 5.96. The second-order valence-electron chi connectivity index (χ2n) is 4.84. The monoisotopic (exact) mass is 329 g/mol. The summed E-state index contributed by atoms with van der Waals surface area (Å²) >= 11 is 0. The molecule has 0 aliphatic heterocycles. The normalized spacial score (nSPS) is 9.88. The van der Waals surface area contributed by atoms with Gasteiger partial charge in [0.2, 0.25) is 5.91 Å². The highest BCUT2D eigenvalue weighted by Gasteiger charge is 2.06. The third-order valence-corrected chi connectivity index (χ3v) is 3.07. The summed E-state index contributed by atoms with van der Waals surface area (Å²) in [5.41, 5.74) is 0.750. The molecule has 1 aromatic heterocycles. The minimum atomic E-state index is -0.376. The van der Waals surface area contributed by atoms with Gasteiger partial charge in [-0.15, -0.1) is 0 Å². The fourth-order valence-electron chi connectivity index (χ4n) is 1.81. The lowest BCUT2D eigenvalue weighted by Crippen LogP contribution is -2.38. The highest BCUT2D eigenvalue weighted by atomic mass is 16.5. The number of methoxy groups -OCH3 is 1. The van der Waals surface area contributed by atoms with Gasteiger partial charge in [-0.05, 0) is 36.4 Å². The molecule has 0 atom stereocenters. The van der Waals surface area contributed by atoms with Gasteiger partial charge in [-0.1, -0.05) is 6.07 Å². The zero-order valence-electron chi connectivity index (χ0n) is 13.3. The van der Waals surface area contributed by atoms with Crippen LogP contribution in [0.4, 0.5) is 0 Å². The number of amides is 2. The summed E-state index contributed by atoms with van der Waals surface area (Å²) in [7, 11) is 1.57. The molecule has 1 aromatic carbocycles. The van der Waals surface area contributed by atoms with Gasteiger partial charge in [0.25, 0.3) is 5.91 Å². The summed E-state index contributed by atoms with van der Waals surface area (Å²) in [6.07, 6.45) is 1.65. The summed E-state index contributed by atoms with van der Waals surface area (Å²) in [5.74, 6) is 0.583. The van der Waals surface area contributed by atoms with Gasteiger partial charge in [0, 0.05) is 6.20 Å².